The van der Waals surface area contributed by atoms with Crippen molar-refractivity contribution in [2.75, 3.05) is 18.5 Å². The number of anilines is 1. The van der Waals surface area contributed by atoms with Crippen LogP contribution in [0.4, 0.5) is 5.69 Å². The summed E-state index contributed by atoms with van der Waals surface area (Å²) in [7, 11) is 0.256. The Bertz CT molecular complexity index is 1150. The van der Waals surface area contributed by atoms with Gasteiger partial charge in [-0.3, -0.25) is 0 Å². The highest BCUT2D eigenvalue weighted by Crippen LogP contribution is 2.66. The Morgan fingerprint density at radius 3 is 1.65 bits per heavy atom. The number of fused-ring (bicyclic) bond motifs is 1. The summed E-state index contributed by atoms with van der Waals surface area (Å²) in [6.45, 7) is 8.38. The van der Waals surface area contributed by atoms with E-state index in [0.29, 0.717) is 5.66 Å². The number of hydrogen-bond donors (Lipinski definition) is 0. The molecule has 172 valence electrons. The van der Waals surface area contributed by atoms with E-state index < -0.39 is 7.26 Å². The number of benzene rings is 4. The fraction of sp³-hybridized carbons (Fsp3) is 0.250. The van der Waals surface area contributed by atoms with Gasteiger partial charge in [-0.2, -0.15) is 0 Å². The van der Waals surface area contributed by atoms with Crippen LogP contribution in [0.5, 0.6) is 0 Å². The summed E-state index contributed by atoms with van der Waals surface area (Å²) in [6, 6.07) is 41.0. The molecule has 1 unspecified atom stereocenters. The normalized spacial score (nSPS) is 16.1. The molecule has 34 heavy (non-hydrogen) atoms. The molecule has 0 spiro atoms. The van der Waals surface area contributed by atoms with E-state index in [1.54, 1.807) is 0 Å². The van der Waals surface area contributed by atoms with Crippen LogP contribution in [0.15, 0.2) is 109 Å². The largest absolute Gasteiger partial charge is 0.374 e. The molecule has 2 heteroatoms. The summed E-state index contributed by atoms with van der Waals surface area (Å²) >= 11 is 0. The Morgan fingerprint density at radius 1 is 0.706 bits per heavy atom. The number of hydrogen-bond acceptors (Lipinski definition) is 1. The molecule has 1 nitrogen and oxygen atoms in total. The second-order valence-electron chi connectivity index (χ2n) is 10.2. The molecule has 0 fully saturated rings. The van der Waals surface area contributed by atoms with Crippen molar-refractivity contribution in [3.05, 3.63) is 120 Å². The van der Waals surface area contributed by atoms with Crippen molar-refractivity contribution in [2.24, 2.45) is 0 Å². The summed E-state index contributed by atoms with van der Waals surface area (Å²) in [6.07, 6.45) is 1.19. The third kappa shape index (κ3) is 3.77. The zero-order chi connectivity index (χ0) is 23.8. The topological polar surface area (TPSA) is 3.24 Å². The maximum absolute atomic E-state index is 2.53. The molecular weight excluding hydrogens is 429 g/mol. The first-order valence-corrected chi connectivity index (χ1v) is 14.2. The first-order valence-electron chi connectivity index (χ1n) is 12.4. The lowest BCUT2D eigenvalue weighted by Gasteiger charge is -2.39. The van der Waals surface area contributed by atoms with Crippen LogP contribution in [-0.4, -0.2) is 13.6 Å². The minimum atomic E-state index is -1.97. The minimum absolute atomic E-state index is 0.185. The first kappa shape index (κ1) is 22.9. The fourth-order valence-electron chi connectivity index (χ4n) is 5.72. The van der Waals surface area contributed by atoms with Crippen molar-refractivity contribution in [3.63, 3.8) is 0 Å². The average molecular weight is 465 g/mol. The van der Waals surface area contributed by atoms with Crippen molar-refractivity contribution in [1.82, 2.24) is 0 Å². The zero-order valence-electron chi connectivity index (χ0n) is 20.8. The standard InChI is InChI=1S/C32H35NP/c1-25(26-20-21-31-30(24-26)32(2,3)22-23-33(31)4)34(27-14-8-5-9-15-27,28-16-10-6-11-17-28)29-18-12-7-13-19-29/h5-21,24-25H,22-23H2,1-4H3/q+1. The Kier molecular flexibility index (Phi) is 6.09. The van der Waals surface area contributed by atoms with Crippen molar-refractivity contribution >= 4 is 28.9 Å². The van der Waals surface area contributed by atoms with Gasteiger partial charge in [0.25, 0.3) is 0 Å². The lowest BCUT2D eigenvalue weighted by molar-refractivity contribution is 0.461. The molecule has 4 aromatic rings. The van der Waals surface area contributed by atoms with Gasteiger partial charge in [-0.15, -0.1) is 0 Å². The van der Waals surface area contributed by atoms with E-state index in [-0.39, 0.29) is 5.41 Å². The summed E-state index contributed by atoms with van der Waals surface area (Å²) in [5, 5.41) is 4.32. The van der Waals surface area contributed by atoms with Gasteiger partial charge in [0.2, 0.25) is 0 Å². The van der Waals surface area contributed by atoms with Gasteiger partial charge in [-0.25, -0.2) is 0 Å². The van der Waals surface area contributed by atoms with Gasteiger partial charge in [-0.05, 0) is 78.4 Å². The van der Waals surface area contributed by atoms with Gasteiger partial charge >= 0.3 is 0 Å². The molecule has 0 N–H and O–H groups in total. The quantitative estimate of drug-likeness (QED) is 0.292. The highest BCUT2D eigenvalue weighted by Gasteiger charge is 2.51. The maximum Gasteiger partial charge on any atom is 0.119 e. The van der Waals surface area contributed by atoms with E-state index in [1.165, 1.54) is 39.1 Å². The molecule has 0 radical (unpaired) electrons. The van der Waals surface area contributed by atoms with Crippen molar-refractivity contribution < 1.29 is 0 Å². The lowest BCUT2D eigenvalue weighted by atomic mass is 9.77. The van der Waals surface area contributed by atoms with Crippen LogP contribution >= 0.6 is 7.26 Å². The van der Waals surface area contributed by atoms with Gasteiger partial charge < -0.3 is 4.90 Å². The SMILES string of the molecule is CC(c1ccc2c(c1)C(C)(C)CCN2C)[P+](c1ccccc1)(c1ccccc1)c1ccccc1. The molecule has 1 heterocycles. The van der Waals surface area contributed by atoms with Crippen molar-refractivity contribution in [3.8, 4) is 0 Å². The fourth-order valence-corrected chi connectivity index (χ4v) is 10.5. The van der Waals surface area contributed by atoms with Gasteiger partial charge in [0.15, 0.2) is 0 Å². The molecule has 0 bridgehead atoms. The molecule has 0 saturated heterocycles. The molecule has 0 amide bonds. The van der Waals surface area contributed by atoms with Crippen LogP contribution in [0, 0.1) is 0 Å². The molecule has 1 aliphatic heterocycles. The molecule has 1 atom stereocenters. The average Bonchev–Trinajstić information content (AvgIpc) is 2.89. The van der Waals surface area contributed by atoms with Gasteiger partial charge in [0.1, 0.15) is 28.8 Å². The van der Waals surface area contributed by atoms with E-state index in [4.69, 9.17) is 0 Å². The summed E-state index contributed by atoms with van der Waals surface area (Å²) in [5.41, 5.74) is 4.83. The molecule has 0 aromatic heterocycles. The van der Waals surface area contributed by atoms with Crippen LogP contribution in [0.3, 0.4) is 0 Å². The molecule has 5 rings (SSSR count). The van der Waals surface area contributed by atoms with E-state index >= 15 is 0 Å². The smallest absolute Gasteiger partial charge is 0.119 e. The molecule has 0 aliphatic carbocycles. The van der Waals surface area contributed by atoms with Crippen molar-refractivity contribution in [2.45, 2.75) is 38.3 Å². The molecule has 0 saturated carbocycles. The van der Waals surface area contributed by atoms with E-state index in [2.05, 4.69) is 142 Å². The lowest BCUT2D eigenvalue weighted by Crippen LogP contribution is -2.36. The number of nitrogens with zero attached hydrogens (tertiary/aromatic N) is 1. The van der Waals surface area contributed by atoms with E-state index in [0.717, 1.165) is 6.54 Å². The van der Waals surface area contributed by atoms with Crippen LogP contribution in [-0.2, 0) is 5.41 Å². The highest BCUT2D eigenvalue weighted by atomic mass is 31.2. The monoisotopic (exact) mass is 464 g/mol. The van der Waals surface area contributed by atoms with Crippen LogP contribution < -0.4 is 20.8 Å². The zero-order valence-corrected chi connectivity index (χ0v) is 21.7. The summed E-state index contributed by atoms with van der Waals surface area (Å²) in [4.78, 5) is 2.42. The summed E-state index contributed by atoms with van der Waals surface area (Å²) in [5.74, 6) is 0. The predicted octanol–water partition coefficient (Wildman–Crippen LogP) is 6.86. The molecule has 4 aromatic carbocycles. The Balaban J connectivity index is 1.79. The second kappa shape index (κ2) is 9.05. The maximum atomic E-state index is 2.53. The summed E-state index contributed by atoms with van der Waals surface area (Å²) < 4.78 is 0. The molecular formula is C32H35NP+. The van der Waals surface area contributed by atoms with Crippen molar-refractivity contribution in [1.29, 1.82) is 0 Å². The predicted molar refractivity (Wildman–Crippen MR) is 151 cm³/mol. The van der Waals surface area contributed by atoms with Gasteiger partial charge in [0, 0.05) is 19.3 Å². The van der Waals surface area contributed by atoms with Crippen LogP contribution in [0.1, 0.15) is 44.0 Å². The third-order valence-electron chi connectivity index (χ3n) is 7.79. The number of rotatable bonds is 5. The van der Waals surface area contributed by atoms with Gasteiger partial charge in [-0.1, -0.05) is 74.5 Å². The van der Waals surface area contributed by atoms with E-state index in [9.17, 15) is 0 Å². The van der Waals surface area contributed by atoms with E-state index in [1.807, 2.05) is 0 Å². The minimum Gasteiger partial charge on any atom is -0.374 e. The third-order valence-corrected chi connectivity index (χ3v) is 12.6. The Hall–Kier alpha value is -2.89. The first-order chi connectivity index (χ1) is 16.4. The molecule has 1 aliphatic rings. The second-order valence-corrected chi connectivity index (χ2v) is 14.0. The van der Waals surface area contributed by atoms with Gasteiger partial charge in [0.05, 0.1) is 0 Å². The van der Waals surface area contributed by atoms with Crippen LogP contribution in [0.2, 0.25) is 0 Å². The Labute approximate surface area is 205 Å². The highest BCUT2D eigenvalue weighted by molar-refractivity contribution is 7.95. The van der Waals surface area contributed by atoms with Crippen LogP contribution in [0.25, 0.3) is 0 Å². The Morgan fingerprint density at radius 2 is 1.18 bits per heavy atom.